The standard InChI is InChI=1S/C13H17NO3/c1-9(2)17-13(16)14-8-7-12(15)10-5-3-4-6-11(10)14/h3-6,9,12,15H,7-8H2,1-2H3. The molecule has 1 heterocycles. The molecule has 1 aliphatic heterocycles. The molecule has 0 saturated heterocycles. The van der Waals surface area contributed by atoms with Gasteiger partial charge in [-0.05, 0) is 26.3 Å². The Hall–Kier alpha value is -1.55. The van der Waals surface area contributed by atoms with Crippen molar-refractivity contribution in [2.24, 2.45) is 0 Å². The Bertz CT molecular complexity index is 417. The summed E-state index contributed by atoms with van der Waals surface area (Å²) in [6.45, 7) is 4.13. The van der Waals surface area contributed by atoms with E-state index in [1.54, 1.807) is 4.90 Å². The zero-order valence-electron chi connectivity index (χ0n) is 10.1. The lowest BCUT2D eigenvalue weighted by molar-refractivity contribution is 0.117. The molecule has 1 atom stereocenters. The minimum absolute atomic E-state index is 0.137. The number of aliphatic hydroxyl groups excluding tert-OH is 1. The van der Waals surface area contributed by atoms with E-state index in [1.807, 2.05) is 38.1 Å². The zero-order chi connectivity index (χ0) is 12.4. The van der Waals surface area contributed by atoms with Crippen molar-refractivity contribution < 1.29 is 14.6 Å². The molecule has 4 nitrogen and oxygen atoms in total. The van der Waals surface area contributed by atoms with Gasteiger partial charge < -0.3 is 9.84 Å². The molecule has 92 valence electrons. The van der Waals surface area contributed by atoms with Crippen LogP contribution in [0.4, 0.5) is 10.5 Å². The molecule has 1 N–H and O–H groups in total. The fourth-order valence-electron chi connectivity index (χ4n) is 2.00. The molecule has 1 aliphatic rings. The van der Waals surface area contributed by atoms with E-state index in [4.69, 9.17) is 4.74 Å². The third-order valence-electron chi connectivity index (χ3n) is 2.77. The van der Waals surface area contributed by atoms with Crippen molar-refractivity contribution in [2.75, 3.05) is 11.4 Å². The van der Waals surface area contributed by atoms with Crippen LogP contribution in [0.3, 0.4) is 0 Å². The van der Waals surface area contributed by atoms with Gasteiger partial charge in [-0.15, -0.1) is 0 Å². The second-order valence-electron chi connectivity index (χ2n) is 4.45. The van der Waals surface area contributed by atoms with E-state index >= 15 is 0 Å². The molecule has 0 fully saturated rings. The SMILES string of the molecule is CC(C)OC(=O)N1CCC(O)c2ccccc21. The molecule has 0 bridgehead atoms. The Morgan fingerprint density at radius 1 is 1.47 bits per heavy atom. The highest BCUT2D eigenvalue weighted by Crippen LogP contribution is 2.33. The molecular weight excluding hydrogens is 218 g/mol. The van der Waals surface area contributed by atoms with Crippen molar-refractivity contribution in [3.63, 3.8) is 0 Å². The number of fused-ring (bicyclic) bond motifs is 1. The molecule has 17 heavy (non-hydrogen) atoms. The zero-order valence-corrected chi connectivity index (χ0v) is 10.1. The molecular formula is C13H17NO3. The van der Waals surface area contributed by atoms with Gasteiger partial charge >= 0.3 is 6.09 Å². The summed E-state index contributed by atoms with van der Waals surface area (Å²) in [7, 11) is 0. The summed E-state index contributed by atoms with van der Waals surface area (Å²) < 4.78 is 5.19. The van der Waals surface area contributed by atoms with E-state index in [0.717, 1.165) is 11.3 Å². The van der Waals surface area contributed by atoms with Crippen LogP contribution in [0, 0.1) is 0 Å². The number of hydrogen-bond donors (Lipinski definition) is 1. The first-order valence-corrected chi connectivity index (χ1v) is 5.84. The fourth-order valence-corrected chi connectivity index (χ4v) is 2.00. The summed E-state index contributed by atoms with van der Waals surface area (Å²) >= 11 is 0. The number of rotatable bonds is 1. The Kier molecular flexibility index (Phi) is 3.33. The first-order chi connectivity index (χ1) is 8.09. The number of benzene rings is 1. The monoisotopic (exact) mass is 235 g/mol. The van der Waals surface area contributed by atoms with Crippen LogP contribution in [0.1, 0.15) is 31.9 Å². The number of carbonyl (C=O) groups is 1. The van der Waals surface area contributed by atoms with Crippen molar-refractivity contribution in [1.82, 2.24) is 0 Å². The van der Waals surface area contributed by atoms with Gasteiger partial charge in [0.2, 0.25) is 0 Å². The van der Waals surface area contributed by atoms with Gasteiger partial charge in [-0.2, -0.15) is 0 Å². The lowest BCUT2D eigenvalue weighted by Gasteiger charge is -2.31. The molecule has 0 spiro atoms. The van der Waals surface area contributed by atoms with Gasteiger partial charge in [0.25, 0.3) is 0 Å². The van der Waals surface area contributed by atoms with Crippen LogP contribution in [0.2, 0.25) is 0 Å². The minimum Gasteiger partial charge on any atom is -0.446 e. The van der Waals surface area contributed by atoms with Gasteiger partial charge in [-0.1, -0.05) is 18.2 Å². The Morgan fingerprint density at radius 3 is 2.88 bits per heavy atom. The second-order valence-corrected chi connectivity index (χ2v) is 4.45. The van der Waals surface area contributed by atoms with Crippen molar-refractivity contribution >= 4 is 11.8 Å². The number of hydrogen-bond acceptors (Lipinski definition) is 3. The summed E-state index contributed by atoms with van der Waals surface area (Å²) in [6, 6.07) is 7.39. The molecule has 1 unspecified atom stereocenters. The molecule has 1 aromatic rings. The number of anilines is 1. The number of amides is 1. The molecule has 0 radical (unpaired) electrons. The largest absolute Gasteiger partial charge is 0.446 e. The maximum absolute atomic E-state index is 11.9. The van der Waals surface area contributed by atoms with Crippen molar-refractivity contribution in [2.45, 2.75) is 32.5 Å². The molecule has 0 saturated carbocycles. The molecule has 0 aromatic heterocycles. The van der Waals surface area contributed by atoms with E-state index in [-0.39, 0.29) is 12.2 Å². The molecule has 2 rings (SSSR count). The average Bonchev–Trinajstić information content (AvgIpc) is 2.29. The van der Waals surface area contributed by atoms with Crippen molar-refractivity contribution in [1.29, 1.82) is 0 Å². The van der Waals surface area contributed by atoms with Gasteiger partial charge in [0.15, 0.2) is 0 Å². The molecule has 1 amide bonds. The number of ether oxygens (including phenoxy) is 1. The van der Waals surface area contributed by atoms with E-state index in [2.05, 4.69) is 0 Å². The van der Waals surface area contributed by atoms with Gasteiger partial charge in [-0.3, -0.25) is 4.90 Å². The summed E-state index contributed by atoms with van der Waals surface area (Å²) in [5.41, 5.74) is 1.54. The topological polar surface area (TPSA) is 49.8 Å². The van der Waals surface area contributed by atoms with Crippen LogP contribution in [0.5, 0.6) is 0 Å². The lowest BCUT2D eigenvalue weighted by Crippen LogP contribution is -2.38. The Balaban J connectivity index is 2.27. The van der Waals surface area contributed by atoms with E-state index in [1.165, 1.54) is 0 Å². The highest BCUT2D eigenvalue weighted by molar-refractivity contribution is 5.89. The van der Waals surface area contributed by atoms with E-state index < -0.39 is 6.10 Å². The normalized spacial score (nSPS) is 19.1. The highest BCUT2D eigenvalue weighted by Gasteiger charge is 2.28. The van der Waals surface area contributed by atoms with E-state index in [9.17, 15) is 9.90 Å². The van der Waals surface area contributed by atoms with Crippen LogP contribution in [-0.4, -0.2) is 23.8 Å². The first-order valence-electron chi connectivity index (χ1n) is 5.84. The minimum atomic E-state index is -0.491. The number of nitrogens with zero attached hydrogens (tertiary/aromatic N) is 1. The van der Waals surface area contributed by atoms with Crippen LogP contribution in [0.25, 0.3) is 0 Å². The van der Waals surface area contributed by atoms with Gasteiger partial charge in [0.05, 0.1) is 17.9 Å². The predicted molar refractivity (Wildman–Crippen MR) is 65.0 cm³/mol. The van der Waals surface area contributed by atoms with E-state index in [0.29, 0.717) is 13.0 Å². The average molecular weight is 235 g/mol. The highest BCUT2D eigenvalue weighted by atomic mass is 16.6. The van der Waals surface area contributed by atoms with Crippen LogP contribution in [-0.2, 0) is 4.74 Å². The Morgan fingerprint density at radius 2 is 2.18 bits per heavy atom. The third-order valence-corrected chi connectivity index (χ3v) is 2.77. The van der Waals surface area contributed by atoms with Crippen molar-refractivity contribution in [3.8, 4) is 0 Å². The smallest absolute Gasteiger partial charge is 0.414 e. The summed E-state index contributed by atoms with van der Waals surface area (Å²) in [5.74, 6) is 0. The second kappa shape index (κ2) is 4.75. The molecule has 0 aliphatic carbocycles. The summed E-state index contributed by atoms with van der Waals surface area (Å²) in [5, 5.41) is 9.86. The van der Waals surface area contributed by atoms with Crippen LogP contribution >= 0.6 is 0 Å². The quantitative estimate of drug-likeness (QED) is 0.813. The van der Waals surface area contributed by atoms with Gasteiger partial charge in [-0.25, -0.2) is 4.79 Å². The molecule has 4 heteroatoms. The predicted octanol–water partition coefficient (Wildman–Crippen LogP) is 2.48. The fraction of sp³-hybridized carbons (Fsp3) is 0.462. The van der Waals surface area contributed by atoms with Crippen LogP contribution in [0.15, 0.2) is 24.3 Å². The maximum Gasteiger partial charge on any atom is 0.414 e. The third kappa shape index (κ3) is 2.42. The van der Waals surface area contributed by atoms with Crippen molar-refractivity contribution in [3.05, 3.63) is 29.8 Å². The summed E-state index contributed by atoms with van der Waals surface area (Å²) in [4.78, 5) is 13.5. The number of para-hydroxylation sites is 1. The first kappa shape index (κ1) is 11.9. The van der Waals surface area contributed by atoms with Crippen LogP contribution < -0.4 is 4.90 Å². The lowest BCUT2D eigenvalue weighted by atomic mass is 9.99. The Labute approximate surface area is 101 Å². The number of aliphatic hydroxyl groups is 1. The number of carbonyl (C=O) groups excluding carboxylic acids is 1. The van der Waals surface area contributed by atoms with Gasteiger partial charge in [0.1, 0.15) is 0 Å². The summed E-state index contributed by atoms with van der Waals surface area (Å²) in [6.07, 6.45) is -0.431. The molecule has 1 aromatic carbocycles. The maximum atomic E-state index is 11.9. The van der Waals surface area contributed by atoms with Gasteiger partial charge in [0, 0.05) is 12.1 Å².